The number of nitrogens with one attached hydrogen (secondary N) is 1. The van der Waals surface area contributed by atoms with Crippen LogP contribution in [0, 0.1) is 0 Å². The zero-order valence-corrected chi connectivity index (χ0v) is 10.2. The van der Waals surface area contributed by atoms with Crippen molar-refractivity contribution in [3.8, 4) is 0 Å². The maximum atomic E-state index is 11.8. The van der Waals surface area contributed by atoms with Gasteiger partial charge in [-0.2, -0.15) is 0 Å². The first-order chi connectivity index (χ1) is 6.99. The van der Waals surface area contributed by atoms with Crippen LogP contribution in [-0.2, 0) is 10.0 Å². The summed E-state index contributed by atoms with van der Waals surface area (Å²) >= 11 is 3.16. The molecule has 0 amide bonds. The van der Waals surface area contributed by atoms with E-state index in [2.05, 4.69) is 25.6 Å². The smallest absolute Gasteiger partial charge is 0.244 e. The van der Waals surface area contributed by atoms with Gasteiger partial charge in [-0.05, 0) is 34.8 Å². The lowest BCUT2D eigenvalue weighted by atomic mass is 10.5. The molecule has 0 aliphatic heterocycles. The molecule has 3 N–H and O–H groups in total. The highest BCUT2D eigenvalue weighted by molar-refractivity contribution is 9.10. The van der Waals surface area contributed by atoms with E-state index in [4.69, 9.17) is 5.73 Å². The molecule has 1 aromatic rings. The molecule has 7 heteroatoms. The predicted octanol–water partition coefficient (Wildman–Crippen LogP) is 0.867. The van der Waals surface area contributed by atoms with E-state index in [1.165, 1.54) is 12.3 Å². The van der Waals surface area contributed by atoms with E-state index in [-0.39, 0.29) is 16.8 Å². The number of hydrogen-bond donors (Lipinski definition) is 2. The second-order valence-electron chi connectivity index (χ2n) is 3.43. The van der Waals surface area contributed by atoms with Crippen LogP contribution in [0.2, 0.25) is 0 Å². The maximum Gasteiger partial charge on any atom is 0.244 e. The fourth-order valence-electron chi connectivity index (χ4n) is 1.13. The lowest BCUT2D eigenvalue weighted by Gasteiger charge is -2.07. The number of nitrogens with two attached hydrogens (primary N) is 1. The highest BCUT2D eigenvalue weighted by Crippen LogP contribution is 2.25. The van der Waals surface area contributed by atoms with E-state index < -0.39 is 10.0 Å². The topological polar surface area (TPSA) is 85.1 Å². The minimum atomic E-state index is -3.52. The van der Waals surface area contributed by atoms with Gasteiger partial charge in [-0.3, -0.25) is 0 Å². The average molecular weight is 292 g/mol. The fraction of sp³-hybridized carbons (Fsp3) is 0.375. The van der Waals surface area contributed by atoms with Crippen LogP contribution in [0.3, 0.4) is 0 Å². The number of halogens is 1. The van der Waals surface area contributed by atoms with Crippen molar-refractivity contribution in [1.82, 2.24) is 9.71 Å². The summed E-state index contributed by atoms with van der Waals surface area (Å²) in [6.45, 7) is 0. The fourth-order valence-corrected chi connectivity index (χ4v) is 3.03. The number of rotatable bonds is 3. The third-order valence-electron chi connectivity index (χ3n) is 2.04. The minimum Gasteiger partial charge on any atom is -0.383 e. The Morgan fingerprint density at radius 2 is 2.20 bits per heavy atom. The van der Waals surface area contributed by atoms with E-state index >= 15 is 0 Å². The molecule has 0 atom stereocenters. The largest absolute Gasteiger partial charge is 0.383 e. The lowest BCUT2D eigenvalue weighted by molar-refractivity contribution is 0.581. The summed E-state index contributed by atoms with van der Waals surface area (Å²) in [5, 5.41) is 0. The van der Waals surface area contributed by atoms with Gasteiger partial charge < -0.3 is 5.73 Å². The standard InChI is InChI=1S/C8H10BrN3O2S/c9-5-3-7(8(10)11-4-5)15(13,14)12-6-1-2-6/h3-4,6,12H,1-2H2,(H2,10,11). The summed E-state index contributed by atoms with van der Waals surface area (Å²) in [6, 6.07) is 1.51. The van der Waals surface area contributed by atoms with Gasteiger partial charge in [-0.25, -0.2) is 18.1 Å². The van der Waals surface area contributed by atoms with Gasteiger partial charge in [0.15, 0.2) is 0 Å². The summed E-state index contributed by atoms with van der Waals surface area (Å²) in [5.74, 6) is 0.0198. The Kier molecular flexibility index (Phi) is 2.70. The average Bonchev–Trinajstić information content (AvgIpc) is 2.92. The Balaban J connectivity index is 2.38. The van der Waals surface area contributed by atoms with Gasteiger partial charge in [0.2, 0.25) is 10.0 Å². The summed E-state index contributed by atoms with van der Waals surface area (Å²) in [5.41, 5.74) is 5.52. The Morgan fingerprint density at radius 3 is 2.80 bits per heavy atom. The zero-order valence-electron chi connectivity index (χ0n) is 7.77. The molecule has 0 aromatic carbocycles. The van der Waals surface area contributed by atoms with E-state index in [0.717, 1.165) is 12.8 Å². The molecule has 0 spiro atoms. The maximum absolute atomic E-state index is 11.8. The number of aromatic nitrogens is 1. The molecule has 0 bridgehead atoms. The van der Waals surface area contributed by atoms with Crippen LogP contribution in [0.1, 0.15) is 12.8 Å². The van der Waals surface area contributed by atoms with Crippen molar-refractivity contribution in [2.24, 2.45) is 0 Å². The number of hydrogen-bond acceptors (Lipinski definition) is 4. The van der Waals surface area contributed by atoms with Gasteiger partial charge in [0.1, 0.15) is 10.7 Å². The first kappa shape index (κ1) is 10.8. The van der Waals surface area contributed by atoms with Crippen LogP contribution in [-0.4, -0.2) is 19.4 Å². The van der Waals surface area contributed by atoms with Crippen LogP contribution in [0.15, 0.2) is 21.6 Å². The van der Waals surface area contributed by atoms with Crippen molar-refractivity contribution in [1.29, 1.82) is 0 Å². The summed E-state index contributed by atoms with van der Waals surface area (Å²) in [6.07, 6.45) is 3.24. The van der Waals surface area contributed by atoms with Gasteiger partial charge in [0, 0.05) is 16.7 Å². The lowest BCUT2D eigenvalue weighted by Crippen LogP contribution is -2.26. The Morgan fingerprint density at radius 1 is 1.53 bits per heavy atom. The minimum absolute atomic E-state index is 0.0198. The highest BCUT2D eigenvalue weighted by Gasteiger charge is 2.29. The number of nitrogens with zero attached hydrogens (tertiary/aromatic N) is 1. The normalized spacial score (nSPS) is 16.6. The molecule has 0 saturated heterocycles. The molecule has 15 heavy (non-hydrogen) atoms. The first-order valence-corrected chi connectivity index (χ1v) is 6.70. The Labute approximate surface area is 96.3 Å². The van der Waals surface area contributed by atoms with Crippen LogP contribution < -0.4 is 10.5 Å². The number of anilines is 1. The molecule has 5 nitrogen and oxygen atoms in total. The van der Waals surface area contributed by atoms with E-state index in [0.29, 0.717) is 4.47 Å². The van der Waals surface area contributed by atoms with E-state index in [9.17, 15) is 8.42 Å². The van der Waals surface area contributed by atoms with Crippen LogP contribution in [0.25, 0.3) is 0 Å². The monoisotopic (exact) mass is 291 g/mol. The van der Waals surface area contributed by atoms with E-state index in [1.54, 1.807) is 0 Å². The van der Waals surface area contributed by atoms with Crippen LogP contribution >= 0.6 is 15.9 Å². The molecular weight excluding hydrogens is 282 g/mol. The Hall–Kier alpha value is -0.660. The Bertz CT molecular complexity index is 485. The molecule has 0 unspecified atom stereocenters. The second kappa shape index (κ2) is 3.73. The van der Waals surface area contributed by atoms with Crippen molar-refractivity contribution < 1.29 is 8.42 Å². The molecule has 1 aliphatic carbocycles. The summed E-state index contributed by atoms with van der Waals surface area (Å²) in [7, 11) is -3.52. The molecule has 0 radical (unpaired) electrons. The van der Waals surface area contributed by atoms with E-state index in [1.807, 2.05) is 0 Å². The number of sulfonamides is 1. The van der Waals surface area contributed by atoms with Crippen LogP contribution in [0.5, 0.6) is 0 Å². The first-order valence-electron chi connectivity index (χ1n) is 4.42. The SMILES string of the molecule is Nc1ncc(Br)cc1S(=O)(=O)NC1CC1. The quantitative estimate of drug-likeness (QED) is 0.865. The molecule has 1 aliphatic rings. The van der Waals surface area contributed by atoms with Gasteiger partial charge >= 0.3 is 0 Å². The molecule has 82 valence electrons. The van der Waals surface area contributed by atoms with Crippen molar-refractivity contribution in [2.45, 2.75) is 23.8 Å². The van der Waals surface area contributed by atoms with Gasteiger partial charge in [-0.15, -0.1) is 0 Å². The highest BCUT2D eigenvalue weighted by atomic mass is 79.9. The van der Waals surface area contributed by atoms with Crippen LogP contribution in [0.4, 0.5) is 5.82 Å². The molecular formula is C8H10BrN3O2S. The summed E-state index contributed by atoms with van der Waals surface area (Å²) < 4.78 is 26.7. The molecule has 2 rings (SSSR count). The number of pyridine rings is 1. The third kappa shape index (κ3) is 2.47. The third-order valence-corrected chi connectivity index (χ3v) is 4.02. The van der Waals surface area contributed by atoms with Gasteiger partial charge in [-0.1, -0.05) is 0 Å². The summed E-state index contributed by atoms with van der Waals surface area (Å²) in [4.78, 5) is 3.82. The van der Waals surface area contributed by atoms with Gasteiger partial charge in [0.05, 0.1) is 0 Å². The van der Waals surface area contributed by atoms with Crippen molar-refractivity contribution >= 4 is 31.8 Å². The van der Waals surface area contributed by atoms with Crippen molar-refractivity contribution in [3.05, 3.63) is 16.7 Å². The van der Waals surface area contributed by atoms with Crippen molar-refractivity contribution in [2.75, 3.05) is 5.73 Å². The van der Waals surface area contributed by atoms with Crippen molar-refractivity contribution in [3.63, 3.8) is 0 Å². The molecule has 1 saturated carbocycles. The zero-order chi connectivity index (χ0) is 11.1. The number of nitrogen functional groups attached to an aromatic ring is 1. The van der Waals surface area contributed by atoms with Gasteiger partial charge in [0.25, 0.3) is 0 Å². The molecule has 1 aromatic heterocycles. The second-order valence-corrected chi connectivity index (χ2v) is 6.03. The molecule has 1 fully saturated rings. The predicted molar refractivity (Wildman–Crippen MR) is 59.7 cm³/mol. The molecule has 1 heterocycles.